The van der Waals surface area contributed by atoms with Gasteiger partial charge in [0.2, 0.25) is 5.91 Å². The number of methoxy groups -OCH3 is 1. The summed E-state index contributed by atoms with van der Waals surface area (Å²) in [7, 11) is 1.41. The standard InChI is InChI=1S/C16H23FN2O3/c1-12(20)11-18-5-7-19(8-6-18)16(21)10-13-3-4-15(22-2)14(17)9-13/h3-4,9,12,20H,5-8,10-11H2,1-2H3/t12-/m1/s1. The minimum Gasteiger partial charge on any atom is -0.494 e. The highest BCUT2D eigenvalue weighted by Crippen LogP contribution is 2.18. The maximum atomic E-state index is 13.6. The molecule has 0 aromatic heterocycles. The van der Waals surface area contributed by atoms with Crippen LogP contribution in [0.25, 0.3) is 0 Å². The van der Waals surface area contributed by atoms with Crippen molar-refractivity contribution < 1.29 is 19.0 Å². The first-order valence-corrected chi connectivity index (χ1v) is 7.50. The van der Waals surface area contributed by atoms with E-state index in [2.05, 4.69) is 4.90 Å². The fourth-order valence-electron chi connectivity index (χ4n) is 2.66. The molecule has 1 N–H and O–H groups in total. The van der Waals surface area contributed by atoms with Crippen LogP contribution in [-0.2, 0) is 11.2 Å². The van der Waals surface area contributed by atoms with Crippen LogP contribution in [-0.4, -0.2) is 66.8 Å². The van der Waals surface area contributed by atoms with Crippen LogP contribution in [0.4, 0.5) is 4.39 Å². The molecule has 0 saturated carbocycles. The van der Waals surface area contributed by atoms with Gasteiger partial charge in [-0.25, -0.2) is 4.39 Å². The Labute approximate surface area is 130 Å². The predicted molar refractivity (Wildman–Crippen MR) is 81.4 cm³/mol. The van der Waals surface area contributed by atoms with E-state index >= 15 is 0 Å². The second-order valence-corrected chi connectivity index (χ2v) is 5.68. The van der Waals surface area contributed by atoms with E-state index < -0.39 is 5.82 Å². The lowest BCUT2D eigenvalue weighted by Crippen LogP contribution is -2.50. The van der Waals surface area contributed by atoms with E-state index in [-0.39, 0.29) is 24.2 Å². The zero-order valence-corrected chi connectivity index (χ0v) is 13.1. The van der Waals surface area contributed by atoms with Gasteiger partial charge in [0.15, 0.2) is 11.6 Å². The molecule has 1 atom stereocenters. The average Bonchev–Trinajstić information content (AvgIpc) is 2.47. The normalized spacial score (nSPS) is 17.4. The van der Waals surface area contributed by atoms with E-state index in [1.807, 2.05) is 0 Å². The van der Waals surface area contributed by atoms with E-state index in [9.17, 15) is 14.3 Å². The van der Waals surface area contributed by atoms with E-state index in [4.69, 9.17) is 4.74 Å². The molecule has 5 nitrogen and oxygen atoms in total. The Balaban J connectivity index is 1.87. The van der Waals surface area contributed by atoms with Gasteiger partial charge in [0.05, 0.1) is 19.6 Å². The first-order chi connectivity index (χ1) is 10.5. The van der Waals surface area contributed by atoms with Gasteiger partial charge in [-0.15, -0.1) is 0 Å². The smallest absolute Gasteiger partial charge is 0.227 e. The highest BCUT2D eigenvalue weighted by Gasteiger charge is 2.22. The van der Waals surface area contributed by atoms with Crippen LogP contribution in [0.15, 0.2) is 18.2 Å². The lowest BCUT2D eigenvalue weighted by atomic mass is 10.1. The molecule has 1 aliphatic heterocycles. The third-order valence-corrected chi connectivity index (χ3v) is 3.82. The Morgan fingerprint density at radius 1 is 1.36 bits per heavy atom. The molecule has 1 fully saturated rings. The number of aliphatic hydroxyl groups is 1. The number of amides is 1. The van der Waals surface area contributed by atoms with Crippen LogP contribution in [0.5, 0.6) is 5.75 Å². The molecule has 0 unspecified atom stereocenters. The fraction of sp³-hybridized carbons (Fsp3) is 0.562. The second kappa shape index (κ2) is 7.56. The average molecular weight is 310 g/mol. The first kappa shape index (κ1) is 16.7. The van der Waals surface area contributed by atoms with Crippen molar-refractivity contribution in [2.24, 2.45) is 0 Å². The summed E-state index contributed by atoms with van der Waals surface area (Å²) >= 11 is 0. The third kappa shape index (κ3) is 4.42. The van der Waals surface area contributed by atoms with Gasteiger partial charge in [-0.05, 0) is 24.6 Å². The van der Waals surface area contributed by atoms with Crippen LogP contribution in [0.1, 0.15) is 12.5 Å². The topological polar surface area (TPSA) is 53.0 Å². The molecule has 0 spiro atoms. The minimum absolute atomic E-state index is 0.00117. The molecule has 1 aromatic carbocycles. The number of nitrogens with zero attached hydrogens (tertiary/aromatic N) is 2. The van der Waals surface area contributed by atoms with Gasteiger partial charge >= 0.3 is 0 Å². The van der Waals surface area contributed by atoms with E-state index in [1.54, 1.807) is 24.0 Å². The van der Waals surface area contributed by atoms with Crippen molar-refractivity contribution in [1.29, 1.82) is 0 Å². The summed E-state index contributed by atoms with van der Waals surface area (Å²) in [5.41, 5.74) is 0.648. The van der Waals surface area contributed by atoms with Crippen molar-refractivity contribution in [3.63, 3.8) is 0 Å². The number of aliphatic hydroxyl groups excluding tert-OH is 1. The third-order valence-electron chi connectivity index (χ3n) is 3.82. The Hall–Kier alpha value is -1.66. The summed E-state index contributed by atoms with van der Waals surface area (Å²) < 4.78 is 18.5. The molecule has 1 heterocycles. The van der Waals surface area contributed by atoms with Gasteiger partial charge < -0.3 is 14.7 Å². The Morgan fingerprint density at radius 3 is 2.59 bits per heavy atom. The summed E-state index contributed by atoms with van der Waals surface area (Å²) in [5, 5.41) is 9.38. The summed E-state index contributed by atoms with van der Waals surface area (Å²) in [4.78, 5) is 16.2. The molecule has 1 saturated heterocycles. The monoisotopic (exact) mass is 310 g/mol. The van der Waals surface area contributed by atoms with Crippen molar-refractivity contribution in [2.45, 2.75) is 19.4 Å². The first-order valence-electron chi connectivity index (χ1n) is 7.50. The molecule has 22 heavy (non-hydrogen) atoms. The van der Waals surface area contributed by atoms with Gasteiger partial charge in [0.25, 0.3) is 0 Å². The van der Waals surface area contributed by atoms with Gasteiger partial charge in [0.1, 0.15) is 0 Å². The number of ether oxygens (including phenoxy) is 1. The number of halogens is 1. The number of benzene rings is 1. The Bertz CT molecular complexity index is 514. The molecule has 1 aromatic rings. The number of carbonyl (C=O) groups excluding carboxylic acids is 1. The van der Waals surface area contributed by atoms with Gasteiger partial charge in [-0.1, -0.05) is 6.07 Å². The molecule has 122 valence electrons. The summed E-state index contributed by atoms with van der Waals surface area (Å²) in [6.07, 6.45) is -0.165. The largest absolute Gasteiger partial charge is 0.494 e. The lowest BCUT2D eigenvalue weighted by molar-refractivity contribution is -0.132. The second-order valence-electron chi connectivity index (χ2n) is 5.68. The number of rotatable bonds is 5. The van der Waals surface area contributed by atoms with Crippen molar-refractivity contribution in [3.8, 4) is 5.75 Å². The quantitative estimate of drug-likeness (QED) is 0.878. The molecule has 1 aliphatic rings. The van der Waals surface area contributed by atoms with E-state index in [0.29, 0.717) is 25.2 Å². The zero-order chi connectivity index (χ0) is 16.1. The van der Waals surface area contributed by atoms with Crippen molar-refractivity contribution in [1.82, 2.24) is 9.80 Å². The van der Waals surface area contributed by atoms with Gasteiger partial charge in [-0.2, -0.15) is 0 Å². The SMILES string of the molecule is COc1ccc(CC(=O)N2CCN(C[C@@H](C)O)CC2)cc1F. The van der Waals surface area contributed by atoms with Crippen molar-refractivity contribution >= 4 is 5.91 Å². The van der Waals surface area contributed by atoms with E-state index in [0.717, 1.165) is 13.1 Å². The maximum Gasteiger partial charge on any atom is 0.227 e. The highest BCUT2D eigenvalue weighted by molar-refractivity contribution is 5.79. The van der Waals surface area contributed by atoms with Gasteiger partial charge in [-0.3, -0.25) is 9.69 Å². The van der Waals surface area contributed by atoms with Crippen LogP contribution in [0.2, 0.25) is 0 Å². The summed E-state index contributed by atoms with van der Waals surface area (Å²) in [5.74, 6) is -0.265. The number of hydrogen-bond donors (Lipinski definition) is 1. The van der Waals surface area contributed by atoms with Gasteiger partial charge in [0, 0.05) is 32.7 Å². The predicted octanol–water partition coefficient (Wildman–Crippen LogP) is 0.902. The highest BCUT2D eigenvalue weighted by atomic mass is 19.1. The Morgan fingerprint density at radius 2 is 2.05 bits per heavy atom. The molecular weight excluding hydrogens is 287 g/mol. The van der Waals surface area contributed by atoms with E-state index in [1.165, 1.54) is 13.2 Å². The van der Waals surface area contributed by atoms with Crippen molar-refractivity contribution in [2.75, 3.05) is 39.8 Å². The maximum absolute atomic E-state index is 13.6. The molecule has 6 heteroatoms. The zero-order valence-electron chi connectivity index (χ0n) is 13.1. The summed E-state index contributed by atoms with van der Waals surface area (Å²) in [6.45, 7) is 5.19. The van der Waals surface area contributed by atoms with Crippen LogP contribution in [0.3, 0.4) is 0 Å². The van der Waals surface area contributed by atoms with Crippen molar-refractivity contribution in [3.05, 3.63) is 29.6 Å². The molecule has 0 bridgehead atoms. The lowest BCUT2D eigenvalue weighted by Gasteiger charge is -2.35. The molecule has 1 amide bonds. The number of carbonyl (C=O) groups is 1. The summed E-state index contributed by atoms with van der Waals surface area (Å²) in [6, 6.07) is 4.60. The molecule has 0 aliphatic carbocycles. The molecular formula is C16H23FN2O3. The molecule has 0 radical (unpaired) electrons. The number of piperazine rings is 1. The fourth-order valence-corrected chi connectivity index (χ4v) is 2.66. The number of hydrogen-bond acceptors (Lipinski definition) is 4. The molecule has 2 rings (SSSR count). The van der Waals surface area contributed by atoms with Crippen LogP contribution < -0.4 is 4.74 Å². The minimum atomic E-state index is -0.449. The van der Waals surface area contributed by atoms with Crippen LogP contribution in [0, 0.1) is 5.82 Å². The Kier molecular flexibility index (Phi) is 5.74. The number of β-amino-alcohol motifs (C(OH)–C–C–N with tert-alkyl or cyclic N) is 1. The van der Waals surface area contributed by atoms with Crippen LogP contribution >= 0.6 is 0 Å².